The van der Waals surface area contributed by atoms with Gasteiger partial charge in [-0.15, -0.1) is 0 Å². The largest absolute Gasteiger partial charge is 0.316 e. The van der Waals surface area contributed by atoms with Crippen LogP contribution in [0, 0.1) is 19.7 Å². The first-order chi connectivity index (χ1) is 6.35. The maximum absolute atomic E-state index is 6.63. The van der Waals surface area contributed by atoms with Gasteiger partial charge in [0.15, 0.2) is 0 Å². The van der Waals surface area contributed by atoms with E-state index < -0.39 is 0 Å². The molecule has 0 atom stereocenters. The minimum Gasteiger partial charge on any atom is -0.316 e. The Hall–Kier alpha value is -1.57. The molecule has 68 valence electrons. The molecule has 0 heterocycles. The van der Waals surface area contributed by atoms with Crippen LogP contribution in [0.4, 0.5) is 0 Å². The van der Waals surface area contributed by atoms with E-state index in [9.17, 15) is 0 Å². The Morgan fingerprint density at radius 3 is 1.23 bits per heavy atom. The van der Waals surface area contributed by atoms with E-state index in [0.717, 1.165) is 0 Å². The minimum absolute atomic E-state index is 0.454. The molecule has 0 fully saturated rings. The summed E-state index contributed by atoms with van der Waals surface area (Å²) in [6.45, 7) is 23.3. The highest BCUT2D eigenvalue weighted by Gasteiger charge is 2.07. The predicted octanol–water partition coefficient (Wildman–Crippen LogP) is 1.05. The van der Waals surface area contributed by atoms with Crippen molar-refractivity contribution in [3.8, 4) is 0 Å². The quantitative estimate of drug-likeness (QED) is 0.552. The lowest BCUT2D eigenvalue weighted by molar-refractivity contribution is 0.313. The van der Waals surface area contributed by atoms with Gasteiger partial charge in [-0.2, -0.15) is 0 Å². The third-order valence-corrected chi connectivity index (χ3v) is 1.58. The molecule has 0 radical (unpaired) electrons. The smallest absolute Gasteiger partial charge is 0.227 e. The molecule has 0 spiro atoms. The van der Waals surface area contributed by atoms with Gasteiger partial charge in [0, 0.05) is 0 Å². The molecular formula is C9H12N4. The van der Waals surface area contributed by atoms with Gasteiger partial charge in [0.2, 0.25) is 19.6 Å². The lowest BCUT2D eigenvalue weighted by Crippen LogP contribution is -2.30. The summed E-state index contributed by atoms with van der Waals surface area (Å²) >= 11 is 0. The van der Waals surface area contributed by atoms with E-state index in [0.29, 0.717) is 39.3 Å². The number of hydrogen-bond donors (Lipinski definition) is 0. The van der Waals surface area contributed by atoms with Crippen molar-refractivity contribution in [1.29, 1.82) is 0 Å². The average molecular weight is 176 g/mol. The van der Waals surface area contributed by atoms with Crippen molar-refractivity contribution in [2.45, 2.75) is 0 Å². The van der Waals surface area contributed by atoms with Crippen LogP contribution in [-0.2, 0) is 0 Å². The molecule has 0 amide bonds. The molecule has 4 nitrogen and oxygen atoms in total. The number of nitrogens with zero attached hydrogens (tertiary/aromatic N) is 4. The molecule has 0 unspecified atom stereocenters. The van der Waals surface area contributed by atoms with Crippen molar-refractivity contribution in [3.63, 3.8) is 0 Å². The molecule has 13 heavy (non-hydrogen) atoms. The van der Waals surface area contributed by atoms with Gasteiger partial charge in [0.1, 0.15) is 0 Å². The average Bonchev–Trinajstić information content (AvgIpc) is 2.17. The molecular weight excluding hydrogens is 164 g/mol. The van der Waals surface area contributed by atoms with Crippen LogP contribution in [0.25, 0.3) is 14.5 Å². The second-order valence-corrected chi connectivity index (χ2v) is 2.49. The molecule has 0 saturated heterocycles. The summed E-state index contributed by atoms with van der Waals surface area (Å²) in [6.07, 6.45) is 0. The van der Waals surface area contributed by atoms with Crippen molar-refractivity contribution in [3.05, 3.63) is 34.3 Å². The first-order valence-electron chi connectivity index (χ1n) is 4.07. The second-order valence-electron chi connectivity index (χ2n) is 2.49. The first-order valence-corrected chi connectivity index (χ1v) is 4.07. The second kappa shape index (κ2) is 8.53. The summed E-state index contributed by atoms with van der Waals surface area (Å²) in [5, 5.41) is 0. The van der Waals surface area contributed by atoms with Gasteiger partial charge < -0.3 is 14.5 Å². The standard InChI is InChI=1S/C9H12N4/c1-10-4-7-13(8-5-11-2)9-6-12-3/h4-9H2. The Morgan fingerprint density at radius 2 is 1.00 bits per heavy atom. The Bertz CT molecular complexity index is 197. The highest BCUT2D eigenvalue weighted by molar-refractivity contribution is 4.73. The summed E-state index contributed by atoms with van der Waals surface area (Å²) in [7, 11) is 0. The fourth-order valence-electron chi connectivity index (χ4n) is 0.910. The normalized spacial score (nSPS) is 8.77. The zero-order valence-electron chi connectivity index (χ0n) is 7.53. The molecule has 0 saturated carbocycles. The Balaban J connectivity index is 3.70. The van der Waals surface area contributed by atoms with Crippen LogP contribution in [0.5, 0.6) is 0 Å². The van der Waals surface area contributed by atoms with Crippen molar-refractivity contribution < 1.29 is 0 Å². The molecule has 0 N–H and O–H groups in total. The zero-order chi connectivity index (χ0) is 9.94. The van der Waals surface area contributed by atoms with E-state index in [-0.39, 0.29) is 0 Å². The fourth-order valence-corrected chi connectivity index (χ4v) is 0.910. The summed E-state index contributed by atoms with van der Waals surface area (Å²) < 4.78 is 0. The first kappa shape index (κ1) is 11.4. The lowest BCUT2D eigenvalue weighted by atomic mass is 10.4. The van der Waals surface area contributed by atoms with Crippen LogP contribution < -0.4 is 0 Å². The minimum atomic E-state index is 0.454. The van der Waals surface area contributed by atoms with Crippen molar-refractivity contribution in [2.24, 2.45) is 0 Å². The van der Waals surface area contributed by atoms with Crippen molar-refractivity contribution in [2.75, 3.05) is 39.3 Å². The molecule has 0 aliphatic rings. The molecule has 4 heteroatoms. The monoisotopic (exact) mass is 176 g/mol. The van der Waals surface area contributed by atoms with E-state index in [2.05, 4.69) is 14.5 Å². The molecule has 0 aromatic rings. The number of hydrogen-bond acceptors (Lipinski definition) is 1. The van der Waals surface area contributed by atoms with Gasteiger partial charge in [0.25, 0.3) is 0 Å². The molecule has 0 bridgehead atoms. The lowest BCUT2D eigenvalue weighted by Gasteiger charge is -2.13. The van der Waals surface area contributed by atoms with Crippen molar-refractivity contribution in [1.82, 2.24) is 4.90 Å². The van der Waals surface area contributed by atoms with E-state index in [1.54, 1.807) is 0 Å². The van der Waals surface area contributed by atoms with Gasteiger partial charge in [0.05, 0.1) is 19.6 Å². The Morgan fingerprint density at radius 1 is 0.692 bits per heavy atom. The van der Waals surface area contributed by atoms with Gasteiger partial charge in [-0.3, -0.25) is 4.90 Å². The van der Waals surface area contributed by atoms with E-state index >= 15 is 0 Å². The third kappa shape index (κ3) is 6.81. The van der Waals surface area contributed by atoms with Crippen LogP contribution in [0.2, 0.25) is 0 Å². The number of rotatable bonds is 6. The summed E-state index contributed by atoms with van der Waals surface area (Å²) in [5.41, 5.74) is 0. The topological polar surface area (TPSA) is 16.3 Å². The summed E-state index contributed by atoms with van der Waals surface area (Å²) in [6, 6.07) is 0. The van der Waals surface area contributed by atoms with Crippen LogP contribution >= 0.6 is 0 Å². The van der Waals surface area contributed by atoms with Gasteiger partial charge in [-0.05, 0) is 0 Å². The maximum Gasteiger partial charge on any atom is 0.227 e. The molecule has 0 rings (SSSR count). The van der Waals surface area contributed by atoms with E-state index in [1.807, 2.05) is 4.90 Å². The highest BCUT2D eigenvalue weighted by Crippen LogP contribution is 1.89. The van der Waals surface area contributed by atoms with Gasteiger partial charge in [-0.1, -0.05) is 0 Å². The highest BCUT2D eigenvalue weighted by atomic mass is 15.1. The van der Waals surface area contributed by atoms with Gasteiger partial charge in [-0.25, -0.2) is 19.7 Å². The SMILES string of the molecule is [C-]#[N+]CCN(CC[N+]#[C-])CC[N+]#[C-]. The van der Waals surface area contributed by atoms with Crippen LogP contribution in [-0.4, -0.2) is 44.2 Å². The molecule has 0 aliphatic heterocycles. The van der Waals surface area contributed by atoms with E-state index in [4.69, 9.17) is 19.7 Å². The zero-order valence-corrected chi connectivity index (χ0v) is 7.53. The van der Waals surface area contributed by atoms with Crippen LogP contribution in [0.15, 0.2) is 0 Å². The van der Waals surface area contributed by atoms with Gasteiger partial charge >= 0.3 is 0 Å². The molecule has 0 aromatic carbocycles. The van der Waals surface area contributed by atoms with Crippen molar-refractivity contribution >= 4 is 0 Å². The van der Waals surface area contributed by atoms with Crippen LogP contribution in [0.3, 0.4) is 0 Å². The fraction of sp³-hybridized carbons (Fsp3) is 0.667. The summed E-state index contributed by atoms with van der Waals surface area (Å²) in [5.74, 6) is 0. The molecule has 0 aliphatic carbocycles. The third-order valence-electron chi connectivity index (χ3n) is 1.58. The maximum atomic E-state index is 6.63. The Kier molecular flexibility index (Phi) is 7.50. The van der Waals surface area contributed by atoms with Crippen LogP contribution in [0.1, 0.15) is 0 Å². The molecule has 0 aromatic heterocycles. The Labute approximate surface area is 79.2 Å². The predicted molar refractivity (Wildman–Crippen MR) is 50.8 cm³/mol. The van der Waals surface area contributed by atoms with E-state index in [1.165, 1.54) is 0 Å². The summed E-state index contributed by atoms with van der Waals surface area (Å²) in [4.78, 5) is 11.7.